The lowest BCUT2D eigenvalue weighted by Crippen LogP contribution is -2.49. The smallest absolute Gasteiger partial charge is 0.407 e. The van der Waals surface area contributed by atoms with Crippen LogP contribution < -0.4 is 10.6 Å². The minimum Gasteiger partial charge on any atom is -0.480 e. The Hall–Kier alpha value is -3.88. The van der Waals surface area contributed by atoms with Gasteiger partial charge >= 0.3 is 18.0 Å². The van der Waals surface area contributed by atoms with E-state index in [2.05, 4.69) is 15.4 Å². The lowest BCUT2D eigenvalue weighted by molar-refractivity contribution is -0.144. The van der Waals surface area contributed by atoms with E-state index in [1.54, 1.807) is 13.8 Å². The van der Waals surface area contributed by atoms with Crippen molar-refractivity contribution in [1.29, 1.82) is 0 Å². The molecule has 0 radical (unpaired) electrons. The SMILES string of the molecule is COC(=O)CC[C@@H](NC(=O)CC(C)(C)NC(=O)OCC1c2ccccc2-c2ccccc21)C(=O)O. The fourth-order valence-corrected chi connectivity index (χ4v) is 4.22. The molecule has 2 aromatic rings. The molecule has 0 bridgehead atoms. The van der Waals surface area contributed by atoms with Crippen molar-refractivity contribution in [2.45, 2.75) is 50.6 Å². The minimum atomic E-state index is -1.26. The average molecular weight is 483 g/mol. The number of carboxylic acids is 1. The van der Waals surface area contributed by atoms with Gasteiger partial charge in [0.15, 0.2) is 0 Å². The molecule has 9 nitrogen and oxygen atoms in total. The summed E-state index contributed by atoms with van der Waals surface area (Å²) in [7, 11) is 1.20. The molecular formula is C26H30N2O7. The molecule has 9 heteroatoms. The van der Waals surface area contributed by atoms with E-state index in [-0.39, 0.29) is 31.8 Å². The molecule has 1 atom stereocenters. The number of benzene rings is 2. The van der Waals surface area contributed by atoms with Gasteiger partial charge in [0.1, 0.15) is 12.6 Å². The standard InChI is InChI=1S/C26H30N2O7/c1-26(2,14-22(29)27-21(24(31)32)12-13-23(30)34-3)28-25(33)35-15-20-18-10-6-4-8-16(18)17-9-5-7-11-19(17)20/h4-11,20-21H,12-15H2,1-3H3,(H,27,29)(H,28,33)(H,31,32)/t21-/m1/s1. The van der Waals surface area contributed by atoms with Crippen molar-refractivity contribution >= 4 is 23.9 Å². The van der Waals surface area contributed by atoms with Crippen LogP contribution in [-0.4, -0.2) is 54.3 Å². The highest BCUT2D eigenvalue weighted by atomic mass is 16.5. The van der Waals surface area contributed by atoms with Crippen LogP contribution in [0.15, 0.2) is 48.5 Å². The second kappa shape index (κ2) is 11.0. The Bertz CT molecular complexity index is 1070. The predicted octanol–water partition coefficient (Wildman–Crippen LogP) is 3.22. The Morgan fingerprint density at radius 1 is 1.00 bits per heavy atom. The summed E-state index contributed by atoms with van der Waals surface area (Å²) in [6, 6.07) is 14.8. The van der Waals surface area contributed by atoms with Gasteiger partial charge < -0.3 is 25.2 Å². The summed E-state index contributed by atoms with van der Waals surface area (Å²) >= 11 is 0. The van der Waals surface area contributed by atoms with E-state index >= 15 is 0 Å². The number of nitrogens with one attached hydrogen (secondary N) is 2. The number of amides is 2. The van der Waals surface area contributed by atoms with Crippen LogP contribution in [0.4, 0.5) is 4.79 Å². The summed E-state index contributed by atoms with van der Waals surface area (Å²) in [5.74, 6) is -2.50. The molecule has 3 rings (SSSR count). The fourth-order valence-electron chi connectivity index (χ4n) is 4.22. The molecule has 3 N–H and O–H groups in total. The largest absolute Gasteiger partial charge is 0.480 e. The molecule has 0 fully saturated rings. The van der Waals surface area contributed by atoms with Gasteiger partial charge in [-0.05, 0) is 42.5 Å². The Labute approximate surface area is 203 Å². The Balaban J connectivity index is 1.54. The van der Waals surface area contributed by atoms with Crippen molar-refractivity contribution in [3.63, 3.8) is 0 Å². The maximum Gasteiger partial charge on any atom is 0.407 e. The number of hydrogen-bond donors (Lipinski definition) is 3. The second-order valence-electron chi connectivity index (χ2n) is 9.08. The number of aliphatic carboxylic acids is 1. The van der Waals surface area contributed by atoms with Crippen LogP contribution in [0.1, 0.15) is 50.2 Å². The van der Waals surface area contributed by atoms with E-state index in [0.29, 0.717) is 0 Å². The molecule has 2 amide bonds. The first-order valence-corrected chi connectivity index (χ1v) is 11.3. The van der Waals surface area contributed by atoms with Gasteiger partial charge in [-0.15, -0.1) is 0 Å². The van der Waals surface area contributed by atoms with Crippen LogP contribution in [-0.2, 0) is 23.9 Å². The molecule has 0 heterocycles. The second-order valence-corrected chi connectivity index (χ2v) is 9.08. The van der Waals surface area contributed by atoms with Gasteiger partial charge in [-0.2, -0.15) is 0 Å². The summed E-state index contributed by atoms with van der Waals surface area (Å²) in [6.45, 7) is 3.41. The number of carboxylic acid groups (broad SMARTS) is 1. The fraction of sp³-hybridized carbons (Fsp3) is 0.385. The van der Waals surface area contributed by atoms with Gasteiger partial charge in [-0.1, -0.05) is 48.5 Å². The highest BCUT2D eigenvalue weighted by Gasteiger charge is 2.31. The van der Waals surface area contributed by atoms with Crippen LogP contribution in [0.5, 0.6) is 0 Å². The quantitative estimate of drug-likeness (QED) is 0.443. The third-order valence-corrected chi connectivity index (χ3v) is 5.88. The van der Waals surface area contributed by atoms with Crippen molar-refractivity contribution < 1.29 is 33.8 Å². The monoisotopic (exact) mass is 482 g/mol. The van der Waals surface area contributed by atoms with E-state index in [1.165, 1.54) is 7.11 Å². The number of fused-ring (bicyclic) bond motifs is 3. The number of rotatable bonds is 10. The molecule has 0 unspecified atom stereocenters. The van der Waals surface area contributed by atoms with Crippen molar-refractivity contribution in [3.8, 4) is 11.1 Å². The van der Waals surface area contributed by atoms with Gasteiger partial charge in [-0.3, -0.25) is 9.59 Å². The van der Waals surface area contributed by atoms with E-state index in [4.69, 9.17) is 4.74 Å². The van der Waals surface area contributed by atoms with Crippen LogP contribution >= 0.6 is 0 Å². The topological polar surface area (TPSA) is 131 Å². The Kier molecular flexibility index (Phi) is 8.11. The van der Waals surface area contributed by atoms with Crippen molar-refractivity contribution in [2.24, 2.45) is 0 Å². The maximum absolute atomic E-state index is 12.6. The normalized spacial score (nSPS) is 13.2. The lowest BCUT2D eigenvalue weighted by Gasteiger charge is -2.26. The lowest BCUT2D eigenvalue weighted by atomic mass is 9.98. The summed E-state index contributed by atoms with van der Waals surface area (Å²) in [5, 5.41) is 14.4. The van der Waals surface area contributed by atoms with E-state index in [1.807, 2.05) is 48.5 Å². The van der Waals surface area contributed by atoms with E-state index < -0.39 is 35.5 Å². The molecule has 35 heavy (non-hydrogen) atoms. The molecular weight excluding hydrogens is 452 g/mol. The first-order chi connectivity index (χ1) is 16.6. The van der Waals surface area contributed by atoms with Crippen molar-refractivity contribution in [2.75, 3.05) is 13.7 Å². The molecule has 2 aromatic carbocycles. The number of alkyl carbamates (subject to hydrolysis) is 1. The molecule has 0 spiro atoms. The number of carbonyl (C=O) groups excluding carboxylic acids is 3. The van der Waals surface area contributed by atoms with Crippen LogP contribution in [0.2, 0.25) is 0 Å². The molecule has 1 aliphatic carbocycles. The zero-order valence-electron chi connectivity index (χ0n) is 20.0. The number of methoxy groups -OCH3 is 1. The zero-order valence-corrected chi connectivity index (χ0v) is 20.0. The molecule has 0 saturated heterocycles. The highest BCUT2D eigenvalue weighted by molar-refractivity contribution is 5.85. The van der Waals surface area contributed by atoms with E-state index in [9.17, 15) is 24.3 Å². The maximum atomic E-state index is 12.6. The minimum absolute atomic E-state index is 0.0919. The van der Waals surface area contributed by atoms with Crippen molar-refractivity contribution in [1.82, 2.24) is 10.6 Å². The number of esters is 1. The van der Waals surface area contributed by atoms with Gasteiger partial charge in [0, 0.05) is 24.3 Å². The highest BCUT2D eigenvalue weighted by Crippen LogP contribution is 2.44. The Morgan fingerprint density at radius 3 is 2.11 bits per heavy atom. The third kappa shape index (κ3) is 6.59. The average Bonchev–Trinajstić information content (AvgIpc) is 3.13. The molecule has 0 aromatic heterocycles. The molecule has 1 aliphatic rings. The summed E-state index contributed by atoms with van der Waals surface area (Å²) < 4.78 is 10.0. The molecule has 0 saturated carbocycles. The van der Waals surface area contributed by atoms with Gasteiger partial charge in [-0.25, -0.2) is 9.59 Å². The van der Waals surface area contributed by atoms with E-state index in [0.717, 1.165) is 22.3 Å². The molecule has 186 valence electrons. The van der Waals surface area contributed by atoms with Crippen LogP contribution in [0.25, 0.3) is 11.1 Å². The van der Waals surface area contributed by atoms with Crippen molar-refractivity contribution in [3.05, 3.63) is 59.7 Å². The predicted molar refractivity (Wildman–Crippen MR) is 128 cm³/mol. The first kappa shape index (κ1) is 25.7. The van der Waals surface area contributed by atoms with Gasteiger partial charge in [0.2, 0.25) is 5.91 Å². The van der Waals surface area contributed by atoms with Gasteiger partial charge in [0.25, 0.3) is 0 Å². The van der Waals surface area contributed by atoms with Gasteiger partial charge in [0.05, 0.1) is 7.11 Å². The summed E-state index contributed by atoms with van der Waals surface area (Å²) in [6.07, 6.45) is -1.10. The summed E-state index contributed by atoms with van der Waals surface area (Å²) in [5.41, 5.74) is 3.42. The van der Waals surface area contributed by atoms with Crippen LogP contribution in [0, 0.1) is 0 Å². The number of ether oxygens (including phenoxy) is 2. The first-order valence-electron chi connectivity index (χ1n) is 11.3. The third-order valence-electron chi connectivity index (χ3n) is 5.88. The van der Waals surface area contributed by atoms with Crippen LogP contribution in [0.3, 0.4) is 0 Å². The zero-order chi connectivity index (χ0) is 25.6. The molecule has 0 aliphatic heterocycles. The number of carbonyl (C=O) groups is 4. The number of hydrogen-bond acceptors (Lipinski definition) is 6. The summed E-state index contributed by atoms with van der Waals surface area (Å²) in [4.78, 5) is 47.7. The Morgan fingerprint density at radius 2 is 1.57 bits per heavy atom.